The van der Waals surface area contributed by atoms with Crippen molar-refractivity contribution >= 4 is 17.9 Å². The van der Waals surface area contributed by atoms with Gasteiger partial charge in [0.1, 0.15) is 13.2 Å². The Hall–Kier alpha value is -3.15. The van der Waals surface area contributed by atoms with Gasteiger partial charge >= 0.3 is 17.9 Å². The molecule has 6 heteroatoms. The fraction of sp³-hybridized carbons (Fsp3) is 0.717. The second-order valence-electron chi connectivity index (χ2n) is 16.0. The zero-order valence-electron chi connectivity index (χ0n) is 38.5. The summed E-state index contributed by atoms with van der Waals surface area (Å²) < 4.78 is 16.7. The minimum Gasteiger partial charge on any atom is -0.462 e. The summed E-state index contributed by atoms with van der Waals surface area (Å²) in [6.45, 7) is 6.42. The van der Waals surface area contributed by atoms with Crippen LogP contribution in [0.15, 0.2) is 72.9 Å². The minimum absolute atomic E-state index is 0.0939. The molecule has 338 valence electrons. The Morgan fingerprint density at radius 3 is 1.12 bits per heavy atom. The van der Waals surface area contributed by atoms with Gasteiger partial charge in [-0.1, -0.05) is 177 Å². The van der Waals surface area contributed by atoms with Crippen LogP contribution in [0.2, 0.25) is 0 Å². The standard InChI is InChI=1S/C53H90O6/c1-4-7-10-13-16-19-22-24-26-28-29-31-34-37-40-43-46-52(55)58-49-50(48-57-51(54)45-42-39-36-33-21-18-15-12-9-6-3)59-53(56)47-44-41-38-35-32-30-27-25-23-20-17-14-11-8-5-2/h7,10,15-16,18-20,23-24,26,29,31,50H,4-6,8-9,11-14,17,21-22,25,27-28,30,32-49H2,1-3H3/b10-7-,18-15-,19-16-,23-20-,26-24-,31-29-. The second kappa shape index (κ2) is 47.5. The monoisotopic (exact) mass is 823 g/mol. The van der Waals surface area contributed by atoms with Crippen molar-refractivity contribution in [1.29, 1.82) is 0 Å². The van der Waals surface area contributed by atoms with Gasteiger partial charge in [-0.15, -0.1) is 0 Å². The number of esters is 3. The zero-order valence-corrected chi connectivity index (χ0v) is 38.5. The van der Waals surface area contributed by atoms with E-state index in [-0.39, 0.29) is 31.1 Å². The molecule has 0 aromatic rings. The number of ether oxygens (including phenoxy) is 3. The lowest BCUT2D eigenvalue weighted by molar-refractivity contribution is -0.167. The Morgan fingerprint density at radius 2 is 0.678 bits per heavy atom. The SMILES string of the molecule is CC/C=C\C/C=C\C/C=C\C/C=C\CCCCCC(=O)OCC(COC(=O)CCCCCC/C=C\CCCC)OC(=O)CCCCCCCCC/C=C\CCCCCC. The molecule has 0 amide bonds. The molecule has 0 saturated heterocycles. The van der Waals surface area contributed by atoms with E-state index in [9.17, 15) is 14.4 Å². The summed E-state index contributed by atoms with van der Waals surface area (Å²) in [4.78, 5) is 37.8. The Kier molecular flexibility index (Phi) is 45.0. The van der Waals surface area contributed by atoms with Crippen LogP contribution in [0, 0.1) is 0 Å². The highest BCUT2D eigenvalue weighted by Gasteiger charge is 2.19. The topological polar surface area (TPSA) is 78.9 Å². The van der Waals surface area contributed by atoms with E-state index in [0.717, 1.165) is 109 Å². The molecule has 59 heavy (non-hydrogen) atoms. The lowest BCUT2D eigenvalue weighted by Gasteiger charge is -2.18. The highest BCUT2D eigenvalue weighted by atomic mass is 16.6. The average Bonchev–Trinajstić information content (AvgIpc) is 3.23. The number of carbonyl (C=O) groups is 3. The Morgan fingerprint density at radius 1 is 0.356 bits per heavy atom. The number of hydrogen-bond donors (Lipinski definition) is 0. The Balaban J connectivity index is 4.44. The van der Waals surface area contributed by atoms with Crippen molar-refractivity contribution in [2.45, 2.75) is 232 Å². The van der Waals surface area contributed by atoms with Crippen molar-refractivity contribution in [3.8, 4) is 0 Å². The van der Waals surface area contributed by atoms with Crippen LogP contribution in [-0.4, -0.2) is 37.2 Å². The third-order valence-electron chi connectivity index (χ3n) is 10.2. The van der Waals surface area contributed by atoms with Crippen molar-refractivity contribution in [3.05, 3.63) is 72.9 Å². The highest BCUT2D eigenvalue weighted by molar-refractivity contribution is 5.71. The predicted molar refractivity (Wildman–Crippen MR) is 251 cm³/mol. The maximum Gasteiger partial charge on any atom is 0.306 e. The van der Waals surface area contributed by atoms with Crippen molar-refractivity contribution in [3.63, 3.8) is 0 Å². The third-order valence-corrected chi connectivity index (χ3v) is 10.2. The lowest BCUT2D eigenvalue weighted by atomic mass is 10.1. The molecule has 6 nitrogen and oxygen atoms in total. The first-order valence-corrected chi connectivity index (χ1v) is 24.4. The van der Waals surface area contributed by atoms with Crippen LogP contribution in [0.1, 0.15) is 226 Å². The first-order valence-electron chi connectivity index (χ1n) is 24.4. The molecule has 0 rings (SSSR count). The van der Waals surface area contributed by atoms with Gasteiger partial charge in [-0.2, -0.15) is 0 Å². The molecule has 1 unspecified atom stereocenters. The van der Waals surface area contributed by atoms with Gasteiger partial charge in [-0.3, -0.25) is 14.4 Å². The van der Waals surface area contributed by atoms with Gasteiger partial charge in [0.05, 0.1) is 0 Å². The van der Waals surface area contributed by atoms with Crippen LogP contribution in [0.3, 0.4) is 0 Å². The number of carbonyl (C=O) groups excluding carboxylic acids is 3. The Bertz CT molecular complexity index is 1130. The van der Waals surface area contributed by atoms with E-state index < -0.39 is 6.10 Å². The fourth-order valence-corrected chi connectivity index (χ4v) is 6.47. The van der Waals surface area contributed by atoms with Crippen molar-refractivity contribution in [2.24, 2.45) is 0 Å². The van der Waals surface area contributed by atoms with Crippen molar-refractivity contribution in [2.75, 3.05) is 13.2 Å². The molecule has 0 aliphatic carbocycles. The second-order valence-corrected chi connectivity index (χ2v) is 16.0. The summed E-state index contributed by atoms with van der Waals surface area (Å²) in [5, 5.41) is 0. The summed E-state index contributed by atoms with van der Waals surface area (Å²) in [5.41, 5.74) is 0. The molecule has 0 aromatic carbocycles. The van der Waals surface area contributed by atoms with Gasteiger partial charge in [0.25, 0.3) is 0 Å². The molecule has 0 spiro atoms. The molecule has 0 radical (unpaired) electrons. The summed E-state index contributed by atoms with van der Waals surface area (Å²) in [6.07, 6.45) is 58.8. The van der Waals surface area contributed by atoms with E-state index in [4.69, 9.17) is 14.2 Å². The molecule has 0 aliphatic rings. The molecule has 0 fully saturated rings. The van der Waals surface area contributed by atoms with Gasteiger partial charge in [-0.05, 0) is 103 Å². The van der Waals surface area contributed by atoms with Crippen LogP contribution in [0.5, 0.6) is 0 Å². The van der Waals surface area contributed by atoms with Crippen LogP contribution >= 0.6 is 0 Å². The molecule has 0 heterocycles. The summed E-state index contributed by atoms with van der Waals surface area (Å²) in [5.74, 6) is -0.946. The van der Waals surface area contributed by atoms with Gasteiger partial charge < -0.3 is 14.2 Å². The van der Waals surface area contributed by atoms with Gasteiger partial charge in [-0.25, -0.2) is 0 Å². The van der Waals surface area contributed by atoms with Gasteiger partial charge in [0.15, 0.2) is 6.10 Å². The van der Waals surface area contributed by atoms with E-state index in [1.165, 1.54) is 77.0 Å². The lowest BCUT2D eigenvalue weighted by Crippen LogP contribution is -2.30. The smallest absolute Gasteiger partial charge is 0.306 e. The molecule has 0 aromatic heterocycles. The highest BCUT2D eigenvalue weighted by Crippen LogP contribution is 2.13. The predicted octanol–water partition coefficient (Wildman–Crippen LogP) is 15.9. The number of hydrogen-bond acceptors (Lipinski definition) is 6. The molecule has 0 aliphatic heterocycles. The molecular weight excluding hydrogens is 733 g/mol. The Labute approximate surface area is 363 Å². The molecule has 1 atom stereocenters. The van der Waals surface area contributed by atoms with Crippen LogP contribution in [0.25, 0.3) is 0 Å². The fourth-order valence-electron chi connectivity index (χ4n) is 6.47. The summed E-state index contributed by atoms with van der Waals surface area (Å²) in [6, 6.07) is 0. The first-order chi connectivity index (χ1) is 29.0. The number of allylic oxidation sites excluding steroid dienone is 12. The zero-order chi connectivity index (χ0) is 43.0. The van der Waals surface area contributed by atoms with E-state index in [1.54, 1.807) is 0 Å². The van der Waals surface area contributed by atoms with E-state index in [0.29, 0.717) is 19.3 Å². The third kappa shape index (κ3) is 45.8. The van der Waals surface area contributed by atoms with Crippen LogP contribution in [0.4, 0.5) is 0 Å². The largest absolute Gasteiger partial charge is 0.462 e. The van der Waals surface area contributed by atoms with Crippen molar-refractivity contribution in [1.82, 2.24) is 0 Å². The van der Waals surface area contributed by atoms with Gasteiger partial charge in [0, 0.05) is 19.3 Å². The van der Waals surface area contributed by atoms with E-state index in [2.05, 4.69) is 93.7 Å². The minimum atomic E-state index is -0.793. The van der Waals surface area contributed by atoms with Crippen LogP contribution < -0.4 is 0 Å². The number of rotatable bonds is 43. The quantitative estimate of drug-likeness (QED) is 0.0264. The molecule has 0 saturated carbocycles. The summed E-state index contributed by atoms with van der Waals surface area (Å²) >= 11 is 0. The van der Waals surface area contributed by atoms with E-state index in [1.807, 2.05) is 0 Å². The van der Waals surface area contributed by atoms with Gasteiger partial charge in [0.2, 0.25) is 0 Å². The maximum absolute atomic E-state index is 12.8. The maximum atomic E-state index is 12.8. The first kappa shape index (κ1) is 55.9. The number of unbranched alkanes of at least 4 members (excludes halogenated alkanes) is 20. The summed E-state index contributed by atoms with van der Waals surface area (Å²) in [7, 11) is 0. The molecular formula is C53H90O6. The van der Waals surface area contributed by atoms with Crippen LogP contribution in [-0.2, 0) is 28.6 Å². The molecule has 0 N–H and O–H groups in total. The average molecular weight is 823 g/mol. The normalized spacial score (nSPS) is 12.7. The molecule has 0 bridgehead atoms. The van der Waals surface area contributed by atoms with Crippen molar-refractivity contribution < 1.29 is 28.6 Å². The van der Waals surface area contributed by atoms with E-state index >= 15 is 0 Å².